The van der Waals surface area contributed by atoms with Crippen molar-refractivity contribution in [1.29, 1.82) is 0 Å². The molecule has 1 aromatic heterocycles. The van der Waals surface area contributed by atoms with E-state index in [1.165, 1.54) is 37.4 Å². The summed E-state index contributed by atoms with van der Waals surface area (Å²) in [6, 6.07) is 7.11. The molecule has 1 N–H and O–H groups in total. The lowest BCUT2D eigenvalue weighted by Gasteiger charge is -2.49. The summed E-state index contributed by atoms with van der Waals surface area (Å²) in [6.07, 6.45) is 11.6. The summed E-state index contributed by atoms with van der Waals surface area (Å²) in [6.45, 7) is 2.47. The maximum atomic E-state index is 13.1. The number of ketones is 1. The molecule has 4 atom stereocenters. The van der Waals surface area contributed by atoms with Gasteiger partial charge < -0.3 is 5.11 Å². The molecule has 0 spiro atoms. The van der Waals surface area contributed by atoms with E-state index in [-0.39, 0.29) is 11.3 Å². The van der Waals surface area contributed by atoms with E-state index in [2.05, 4.69) is 11.9 Å². The van der Waals surface area contributed by atoms with E-state index in [1.54, 1.807) is 24.4 Å². The van der Waals surface area contributed by atoms with Crippen LogP contribution >= 0.6 is 0 Å². The Kier molecular flexibility index (Phi) is 4.34. The first-order chi connectivity index (χ1) is 14.0. The van der Waals surface area contributed by atoms with Crippen molar-refractivity contribution in [2.24, 2.45) is 17.3 Å². The summed E-state index contributed by atoms with van der Waals surface area (Å²) in [5.74, 6) is 0.612. The molecule has 150 valence electrons. The number of benzene rings is 1. The molecule has 0 saturated heterocycles. The second-order valence-electron chi connectivity index (χ2n) is 9.47. The van der Waals surface area contributed by atoms with Gasteiger partial charge in [0.25, 0.3) is 0 Å². The van der Waals surface area contributed by atoms with E-state index in [1.807, 2.05) is 6.07 Å². The third-order valence-electron chi connectivity index (χ3n) is 8.04. The highest BCUT2D eigenvalue weighted by molar-refractivity contribution is 6.14. The van der Waals surface area contributed by atoms with E-state index in [9.17, 15) is 14.7 Å². The lowest BCUT2D eigenvalue weighted by atomic mass is 9.55. The van der Waals surface area contributed by atoms with Gasteiger partial charge in [0.15, 0.2) is 5.78 Å². The van der Waals surface area contributed by atoms with E-state index < -0.39 is 5.97 Å². The Hall–Kier alpha value is -2.49. The monoisotopic (exact) mass is 389 g/mol. The molecule has 4 heteroatoms. The molecule has 0 unspecified atom stereocenters. The van der Waals surface area contributed by atoms with Crippen LogP contribution in [-0.4, -0.2) is 21.8 Å². The topological polar surface area (TPSA) is 67.3 Å². The van der Waals surface area contributed by atoms with Crippen LogP contribution in [0.25, 0.3) is 0 Å². The number of hydrogen-bond donors (Lipinski definition) is 1. The zero-order valence-electron chi connectivity index (χ0n) is 16.9. The van der Waals surface area contributed by atoms with Gasteiger partial charge in [-0.25, -0.2) is 4.79 Å². The Morgan fingerprint density at radius 3 is 2.76 bits per heavy atom. The van der Waals surface area contributed by atoms with Gasteiger partial charge in [0.1, 0.15) is 0 Å². The number of carboxylic acid groups (broad SMARTS) is 1. The van der Waals surface area contributed by atoms with Crippen LogP contribution in [0.2, 0.25) is 0 Å². The van der Waals surface area contributed by atoms with E-state index >= 15 is 0 Å². The maximum absolute atomic E-state index is 13.1. The Bertz CT molecular complexity index is 983. The number of carboxylic acids is 1. The average molecular weight is 389 g/mol. The molecular weight excluding hydrogens is 362 g/mol. The molecule has 2 saturated carbocycles. The summed E-state index contributed by atoms with van der Waals surface area (Å²) < 4.78 is 0. The number of carbonyl (C=O) groups excluding carboxylic acids is 1. The van der Waals surface area contributed by atoms with Crippen molar-refractivity contribution in [1.82, 2.24) is 4.98 Å². The number of aromatic nitrogens is 1. The summed E-state index contributed by atoms with van der Waals surface area (Å²) in [5.41, 5.74) is 3.71. The number of carbonyl (C=O) groups is 2. The predicted molar refractivity (Wildman–Crippen MR) is 110 cm³/mol. The molecule has 1 aromatic carbocycles. The second-order valence-corrected chi connectivity index (χ2v) is 9.47. The lowest BCUT2D eigenvalue weighted by molar-refractivity contribution is 0.0597. The minimum absolute atomic E-state index is 0.123. The fourth-order valence-electron chi connectivity index (χ4n) is 6.63. The Labute approximate surface area is 171 Å². The van der Waals surface area contributed by atoms with Crippen LogP contribution in [0.5, 0.6) is 0 Å². The molecule has 3 aliphatic carbocycles. The SMILES string of the molecule is C[C@@]12CCC[C@H]1[C@@H]1CCc3cc(C(=O)O)c(C(=O)c4cccnc4)cc3[C@H]1CC2. The van der Waals surface area contributed by atoms with Gasteiger partial charge in [-0.05, 0) is 97.1 Å². The van der Waals surface area contributed by atoms with Gasteiger partial charge in [-0.15, -0.1) is 0 Å². The molecule has 0 aliphatic heterocycles. The highest BCUT2D eigenvalue weighted by atomic mass is 16.4. The molecule has 0 amide bonds. The minimum atomic E-state index is -1.03. The van der Waals surface area contributed by atoms with Crippen molar-refractivity contribution in [2.45, 2.75) is 57.8 Å². The lowest BCUT2D eigenvalue weighted by Crippen LogP contribution is -2.39. The van der Waals surface area contributed by atoms with Crippen molar-refractivity contribution < 1.29 is 14.7 Å². The Balaban J connectivity index is 1.59. The quantitative estimate of drug-likeness (QED) is 0.728. The molecule has 2 fully saturated rings. The highest BCUT2D eigenvalue weighted by Gasteiger charge is 2.50. The summed E-state index contributed by atoms with van der Waals surface area (Å²) >= 11 is 0. The van der Waals surface area contributed by atoms with Crippen LogP contribution < -0.4 is 0 Å². The van der Waals surface area contributed by atoms with E-state index in [0.717, 1.165) is 30.7 Å². The number of fused-ring (bicyclic) bond motifs is 5. The van der Waals surface area contributed by atoms with Crippen LogP contribution in [0.1, 0.15) is 88.8 Å². The number of pyridine rings is 1. The van der Waals surface area contributed by atoms with Crippen molar-refractivity contribution in [3.63, 3.8) is 0 Å². The first kappa shape index (κ1) is 18.5. The molecule has 0 radical (unpaired) electrons. The standard InChI is InChI=1S/C25H27NO3/c1-25-9-2-5-22(25)18-7-6-15-12-21(24(28)29)20(13-19(15)17(18)8-10-25)23(27)16-4-3-11-26-14-16/h3-4,11-14,17-18,22H,2,5-10H2,1H3,(H,28,29)/t17-,18+,22-,25-/m0/s1. The molecule has 0 bridgehead atoms. The summed E-state index contributed by atoms with van der Waals surface area (Å²) in [4.78, 5) is 29.1. The smallest absolute Gasteiger partial charge is 0.336 e. The third-order valence-corrected chi connectivity index (χ3v) is 8.04. The molecule has 29 heavy (non-hydrogen) atoms. The van der Waals surface area contributed by atoms with Gasteiger partial charge in [-0.2, -0.15) is 0 Å². The van der Waals surface area contributed by atoms with Crippen molar-refractivity contribution in [3.05, 3.63) is 64.5 Å². The van der Waals surface area contributed by atoms with Gasteiger partial charge in [0, 0.05) is 23.5 Å². The zero-order valence-corrected chi connectivity index (χ0v) is 16.9. The first-order valence-electron chi connectivity index (χ1n) is 10.8. The normalized spacial score (nSPS) is 30.2. The Morgan fingerprint density at radius 1 is 1.14 bits per heavy atom. The number of aromatic carboxylic acids is 1. The molecule has 2 aromatic rings. The summed E-state index contributed by atoms with van der Waals surface area (Å²) in [7, 11) is 0. The molecule has 4 nitrogen and oxygen atoms in total. The average Bonchev–Trinajstić information content (AvgIpc) is 3.14. The van der Waals surface area contributed by atoms with Crippen LogP contribution in [0.3, 0.4) is 0 Å². The number of rotatable bonds is 3. The van der Waals surface area contributed by atoms with Gasteiger partial charge in [0.2, 0.25) is 0 Å². The molecular formula is C25H27NO3. The van der Waals surface area contributed by atoms with Crippen molar-refractivity contribution in [2.75, 3.05) is 0 Å². The van der Waals surface area contributed by atoms with Crippen LogP contribution in [-0.2, 0) is 6.42 Å². The highest BCUT2D eigenvalue weighted by Crippen LogP contribution is 2.60. The Morgan fingerprint density at radius 2 is 2.00 bits per heavy atom. The van der Waals surface area contributed by atoms with E-state index in [4.69, 9.17) is 0 Å². The van der Waals surface area contributed by atoms with E-state index in [0.29, 0.717) is 28.4 Å². The van der Waals surface area contributed by atoms with Crippen molar-refractivity contribution >= 4 is 11.8 Å². The molecule has 1 heterocycles. The maximum Gasteiger partial charge on any atom is 0.336 e. The number of aryl methyl sites for hydroxylation is 1. The molecule has 3 aliphatic rings. The van der Waals surface area contributed by atoms with Crippen LogP contribution in [0.15, 0.2) is 36.7 Å². The summed E-state index contributed by atoms with van der Waals surface area (Å²) in [5, 5.41) is 9.78. The molecule has 5 rings (SSSR count). The van der Waals surface area contributed by atoms with Crippen LogP contribution in [0.4, 0.5) is 0 Å². The largest absolute Gasteiger partial charge is 0.478 e. The predicted octanol–water partition coefficient (Wildman–Crippen LogP) is 5.26. The minimum Gasteiger partial charge on any atom is -0.478 e. The van der Waals surface area contributed by atoms with Gasteiger partial charge in [-0.1, -0.05) is 13.3 Å². The number of nitrogens with zero attached hydrogens (tertiary/aromatic N) is 1. The second kappa shape index (κ2) is 6.79. The van der Waals surface area contributed by atoms with Crippen LogP contribution in [0, 0.1) is 17.3 Å². The van der Waals surface area contributed by atoms with Gasteiger partial charge in [0.05, 0.1) is 5.56 Å². The first-order valence-corrected chi connectivity index (χ1v) is 10.8. The third kappa shape index (κ3) is 2.92. The fourth-order valence-corrected chi connectivity index (χ4v) is 6.63. The van der Waals surface area contributed by atoms with Gasteiger partial charge in [-0.3, -0.25) is 9.78 Å². The number of hydrogen-bond acceptors (Lipinski definition) is 3. The van der Waals surface area contributed by atoms with Crippen molar-refractivity contribution in [3.8, 4) is 0 Å². The van der Waals surface area contributed by atoms with Gasteiger partial charge >= 0.3 is 5.97 Å². The zero-order chi connectivity index (χ0) is 20.2. The fraction of sp³-hybridized carbons (Fsp3) is 0.480.